The van der Waals surface area contributed by atoms with E-state index >= 15 is 0 Å². The van der Waals surface area contributed by atoms with E-state index in [-0.39, 0.29) is 25.2 Å². The maximum atomic E-state index is 11.2. The fourth-order valence-corrected chi connectivity index (χ4v) is 1.40. The molecule has 0 aromatic carbocycles. The van der Waals surface area contributed by atoms with Gasteiger partial charge < -0.3 is 5.11 Å². The highest BCUT2D eigenvalue weighted by molar-refractivity contribution is 6.01. The number of carbonyl (C=O) groups excluding carboxylic acids is 2. The van der Waals surface area contributed by atoms with Gasteiger partial charge in [0.2, 0.25) is 11.8 Å². The molecule has 1 aliphatic heterocycles. The van der Waals surface area contributed by atoms with Crippen LogP contribution in [-0.2, 0) is 14.4 Å². The summed E-state index contributed by atoms with van der Waals surface area (Å²) in [6.07, 6.45) is 0.554. The second kappa shape index (κ2) is 3.55. The van der Waals surface area contributed by atoms with Gasteiger partial charge in [0.15, 0.2) is 0 Å². The molecule has 1 atom stereocenters. The highest BCUT2D eigenvalue weighted by Crippen LogP contribution is 2.19. The number of imide groups is 1. The SMILES string of the molecule is CCC(=O)N1C(=O)CCC1C(=O)O. The van der Waals surface area contributed by atoms with Crippen LogP contribution < -0.4 is 0 Å². The summed E-state index contributed by atoms with van der Waals surface area (Å²) in [4.78, 5) is 33.8. The van der Waals surface area contributed by atoms with Gasteiger partial charge in [-0.15, -0.1) is 0 Å². The monoisotopic (exact) mass is 185 g/mol. The van der Waals surface area contributed by atoms with E-state index in [1.165, 1.54) is 0 Å². The van der Waals surface area contributed by atoms with E-state index < -0.39 is 17.9 Å². The fourth-order valence-electron chi connectivity index (χ4n) is 1.40. The molecular formula is C8H11NO4. The summed E-state index contributed by atoms with van der Waals surface area (Å²) >= 11 is 0. The number of nitrogens with zero attached hydrogens (tertiary/aromatic N) is 1. The van der Waals surface area contributed by atoms with E-state index in [4.69, 9.17) is 5.11 Å². The zero-order valence-corrected chi connectivity index (χ0v) is 7.32. The van der Waals surface area contributed by atoms with Crippen molar-refractivity contribution >= 4 is 17.8 Å². The summed E-state index contributed by atoms with van der Waals surface area (Å²) in [6.45, 7) is 1.60. The molecule has 5 heteroatoms. The van der Waals surface area contributed by atoms with Gasteiger partial charge in [0, 0.05) is 12.8 Å². The van der Waals surface area contributed by atoms with Gasteiger partial charge in [-0.1, -0.05) is 6.92 Å². The number of rotatable bonds is 2. The van der Waals surface area contributed by atoms with Gasteiger partial charge in [-0.2, -0.15) is 0 Å². The molecule has 0 aromatic rings. The summed E-state index contributed by atoms with van der Waals surface area (Å²) in [6, 6.07) is -0.944. The van der Waals surface area contributed by atoms with Crippen molar-refractivity contribution in [1.82, 2.24) is 4.90 Å². The van der Waals surface area contributed by atoms with E-state index in [9.17, 15) is 14.4 Å². The molecule has 0 aromatic heterocycles. The van der Waals surface area contributed by atoms with Gasteiger partial charge in [-0.3, -0.25) is 14.5 Å². The van der Waals surface area contributed by atoms with E-state index in [0.29, 0.717) is 0 Å². The highest BCUT2D eigenvalue weighted by Gasteiger charge is 2.39. The minimum Gasteiger partial charge on any atom is -0.480 e. The summed E-state index contributed by atoms with van der Waals surface area (Å²) in [5.41, 5.74) is 0. The first-order chi connectivity index (χ1) is 6.07. The summed E-state index contributed by atoms with van der Waals surface area (Å²) in [5.74, 6) is -1.89. The lowest BCUT2D eigenvalue weighted by atomic mass is 10.2. The molecule has 0 bridgehead atoms. The highest BCUT2D eigenvalue weighted by atomic mass is 16.4. The molecule has 1 saturated heterocycles. The Morgan fingerprint density at radius 2 is 2.23 bits per heavy atom. The van der Waals surface area contributed by atoms with Gasteiger partial charge in [0.25, 0.3) is 0 Å². The van der Waals surface area contributed by atoms with E-state index in [0.717, 1.165) is 4.90 Å². The minimum atomic E-state index is -1.10. The van der Waals surface area contributed by atoms with Gasteiger partial charge >= 0.3 is 5.97 Å². The molecule has 1 N–H and O–H groups in total. The Morgan fingerprint density at radius 3 is 2.69 bits per heavy atom. The number of aliphatic carboxylic acids is 1. The molecule has 1 unspecified atom stereocenters. The van der Waals surface area contributed by atoms with Crippen molar-refractivity contribution in [3.8, 4) is 0 Å². The Labute approximate surface area is 75.3 Å². The van der Waals surface area contributed by atoms with Crippen LogP contribution in [0.1, 0.15) is 26.2 Å². The Kier molecular flexibility index (Phi) is 2.65. The molecule has 0 saturated carbocycles. The van der Waals surface area contributed by atoms with E-state index in [1.54, 1.807) is 6.92 Å². The predicted molar refractivity (Wildman–Crippen MR) is 42.8 cm³/mol. The van der Waals surface area contributed by atoms with Gasteiger partial charge in [0.05, 0.1) is 0 Å². The lowest BCUT2D eigenvalue weighted by Gasteiger charge is -2.18. The van der Waals surface area contributed by atoms with Crippen LogP contribution in [0, 0.1) is 0 Å². The summed E-state index contributed by atoms with van der Waals surface area (Å²) in [7, 11) is 0. The fraction of sp³-hybridized carbons (Fsp3) is 0.625. The van der Waals surface area contributed by atoms with Crippen LogP contribution >= 0.6 is 0 Å². The van der Waals surface area contributed by atoms with Crippen molar-refractivity contribution in [2.45, 2.75) is 32.2 Å². The molecule has 0 radical (unpaired) electrons. The Balaban J connectivity index is 2.83. The molecule has 1 rings (SSSR count). The first kappa shape index (κ1) is 9.70. The number of likely N-dealkylation sites (tertiary alicyclic amines) is 1. The molecule has 13 heavy (non-hydrogen) atoms. The van der Waals surface area contributed by atoms with Crippen molar-refractivity contribution in [2.75, 3.05) is 0 Å². The molecule has 1 fully saturated rings. The number of amides is 2. The number of carboxylic acids is 1. The third-order valence-corrected chi connectivity index (χ3v) is 2.07. The molecule has 72 valence electrons. The number of hydrogen-bond donors (Lipinski definition) is 1. The van der Waals surface area contributed by atoms with Crippen molar-refractivity contribution in [1.29, 1.82) is 0 Å². The average molecular weight is 185 g/mol. The standard InChI is InChI=1S/C8H11NO4/c1-2-6(10)9-5(8(12)13)3-4-7(9)11/h5H,2-4H2,1H3,(H,12,13). The average Bonchev–Trinajstić information content (AvgIpc) is 2.46. The predicted octanol–water partition coefficient (Wildman–Crippen LogP) is -0.00140. The minimum absolute atomic E-state index is 0.155. The Bertz CT molecular complexity index is 261. The quantitative estimate of drug-likeness (QED) is 0.657. The van der Waals surface area contributed by atoms with E-state index in [1.807, 2.05) is 0 Å². The third kappa shape index (κ3) is 1.68. The van der Waals surface area contributed by atoms with Gasteiger partial charge in [0.1, 0.15) is 6.04 Å². The Hall–Kier alpha value is -1.39. The smallest absolute Gasteiger partial charge is 0.326 e. The molecular weight excluding hydrogens is 174 g/mol. The van der Waals surface area contributed by atoms with Crippen LogP contribution in [-0.4, -0.2) is 33.8 Å². The maximum Gasteiger partial charge on any atom is 0.326 e. The molecule has 5 nitrogen and oxygen atoms in total. The van der Waals surface area contributed by atoms with Crippen LogP contribution in [0.3, 0.4) is 0 Å². The summed E-state index contributed by atoms with van der Waals surface area (Å²) < 4.78 is 0. The maximum absolute atomic E-state index is 11.2. The molecule has 1 heterocycles. The first-order valence-electron chi connectivity index (χ1n) is 4.15. The van der Waals surface area contributed by atoms with Gasteiger partial charge in [-0.05, 0) is 6.42 Å². The molecule has 2 amide bonds. The van der Waals surface area contributed by atoms with E-state index in [2.05, 4.69) is 0 Å². The van der Waals surface area contributed by atoms with Crippen molar-refractivity contribution in [3.05, 3.63) is 0 Å². The molecule has 0 aliphatic carbocycles. The number of hydrogen-bond acceptors (Lipinski definition) is 3. The van der Waals surface area contributed by atoms with Crippen LogP contribution in [0.15, 0.2) is 0 Å². The number of carbonyl (C=O) groups is 3. The Morgan fingerprint density at radius 1 is 1.62 bits per heavy atom. The second-order valence-electron chi connectivity index (χ2n) is 2.90. The van der Waals surface area contributed by atoms with Crippen molar-refractivity contribution in [2.24, 2.45) is 0 Å². The topological polar surface area (TPSA) is 74.7 Å². The zero-order chi connectivity index (χ0) is 10.0. The van der Waals surface area contributed by atoms with Crippen LogP contribution in [0.2, 0.25) is 0 Å². The second-order valence-corrected chi connectivity index (χ2v) is 2.90. The normalized spacial score (nSPS) is 22.1. The third-order valence-electron chi connectivity index (χ3n) is 2.07. The van der Waals surface area contributed by atoms with Crippen LogP contribution in [0.5, 0.6) is 0 Å². The summed E-state index contributed by atoms with van der Waals surface area (Å²) in [5, 5.41) is 8.70. The lowest BCUT2D eigenvalue weighted by molar-refractivity contribution is -0.153. The van der Waals surface area contributed by atoms with Gasteiger partial charge in [-0.25, -0.2) is 4.79 Å². The largest absolute Gasteiger partial charge is 0.480 e. The van der Waals surface area contributed by atoms with Crippen molar-refractivity contribution < 1.29 is 19.5 Å². The zero-order valence-electron chi connectivity index (χ0n) is 7.32. The van der Waals surface area contributed by atoms with Crippen LogP contribution in [0.25, 0.3) is 0 Å². The molecule has 1 aliphatic rings. The van der Waals surface area contributed by atoms with Crippen molar-refractivity contribution in [3.63, 3.8) is 0 Å². The number of carboxylic acid groups (broad SMARTS) is 1. The molecule has 0 spiro atoms. The van der Waals surface area contributed by atoms with Crippen LogP contribution in [0.4, 0.5) is 0 Å². The lowest BCUT2D eigenvalue weighted by Crippen LogP contribution is -2.42. The first-order valence-corrected chi connectivity index (χ1v) is 4.15.